The van der Waals surface area contributed by atoms with Gasteiger partial charge in [-0.25, -0.2) is 0 Å². The van der Waals surface area contributed by atoms with Crippen molar-refractivity contribution in [3.63, 3.8) is 0 Å². The third-order valence-corrected chi connectivity index (χ3v) is 6.53. The van der Waals surface area contributed by atoms with E-state index in [1.807, 2.05) is 0 Å². The summed E-state index contributed by atoms with van der Waals surface area (Å²) >= 11 is 3.46. The second kappa shape index (κ2) is 5.99. The normalized spacial score (nSPS) is 29.4. The van der Waals surface area contributed by atoms with E-state index in [1.165, 1.54) is 0 Å². The third-order valence-electron chi connectivity index (χ3n) is 3.69. The molecule has 0 saturated carbocycles. The average Bonchev–Trinajstić information content (AvgIpc) is 2.74. The number of hydrogen-bond donors (Lipinski definition) is 0. The minimum atomic E-state index is -3.21. The van der Waals surface area contributed by atoms with Crippen molar-refractivity contribution < 1.29 is 8.42 Å². The molecule has 2 rings (SSSR count). The molecule has 2 aliphatic heterocycles. The Hall–Kier alpha value is 0.350. The van der Waals surface area contributed by atoms with Crippen LogP contribution in [0.15, 0.2) is 0 Å². The van der Waals surface area contributed by atoms with Crippen molar-refractivity contribution in [2.75, 3.05) is 25.0 Å². The fourth-order valence-electron chi connectivity index (χ4n) is 2.68. The van der Waals surface area contributed by atoms with Crippen molar-refractivity contribution in [1.82, 2.24) is 8.61 Å². The fraction of sp³-hybridized carbons (Fsp3) is 1.00. The molecule has 6 heteroatoms. The molecule has 4 nitrogen and oxygen atoms in total. The van der Waals surface area contributed by atoms with Gasteiger partial charge in [0.1, 0.15) is 0 Å². The van der Waals surface area contributed by atoms with E-state index in [-0.39, 0.29) is 6.04 Å². The molecule has 100 valence electrons. The molecule has 0 aromatic rings. The molecule has 0 amide bonds. The zero-order valence-electron chi connectivity index (χ0n) is 10.1. The topological polar surface area (TPSA) is 40.6 Å². The second-order valence-electron chi connectivity index (χ2n) is 4.88. The molecule has 2 aliphatic rings. The highest BCUT2D eigenvalue weighted by molar-refractivity contribution is 9.09. The van der Waals surface area contributed by atoms with Crippen LogP contribution >= 0.6 is 15.9 Å². The Balaban J connectivity index is 2.16. The summed E-state index contributed by atoms with van der Waals surface area (Å²) in [6, 6.07) is 0.142. The van der Waals surface area contributed by atoms with Gasteiger partial charge in [-0.3, -0.25) is 0 Å². The first-order valence-electron chi connectivity index (χ1n) is 6.49. The molecule has 2 saturated heterocycles. The van der Waals surface area contributed by atoms with Crippen LogP contribution in [0.25, 0.3) is 0 Å². The molecule has 17 heavy (non-hydrogen) atoms. The van der Waals surface area contributed by atoms with Gasteiger partial charge in [0.2, 0.25) is 0 Å². The van der Waals surface area contributed by atoms with Crippen LogP contribution in [-0.4, -0.2) is 48.0 Å². The monoisotopic (exact) mass is 324 g/mol. The van der Waals surface area contributed by atoms with Gasteiger partial charge in [-0.1, -0.05) is 28.8 Å². The Bertz CT molecular complexity index is 341. The van der Waals surface area contributed by atoms with Gasteiger partial charge < -0.3 is 0 Å². The maximum absolute atomic E-state index is 12.5. The Morgan fingerprint density at radius 3 is 2.29 bits per heavy atom. The molecule has 1 unspecified atom stereocenters. The molecule has 0 aromatic carbocycles. The molecule has 0 spiro atoms. The first-order valence-corrected chi connectivity index (χ1v) is 9.01. The van der Waals surface area contributed by atoms with Crippen LogP contribution in [0, 0.1) is 0 Å². The van der Waals surface area contributed by atoms with Crippen molar-refractivity contribution in [2.24, 2.45) is 0 Å². The van der Waals surface area contributed by atoms with Crippen LogP contribution < -0.4 is 0 Å². The van der Waals surface area contributed by atoms with Gasteiger partial charge in [-0.15, -0.1) is 0 Å². The molecule has 0 radical (unpaired) electrons. The zero-order chi connectivity index (χ0) is 12.3. The van der Waals surface area contributed by atoms with Crippen LogP contribution in [0.1, 0.15) is 38.5 Å². The van der Waals surface area contributed by atoms with Gasteiger partial charge in [0.05, 0.1) is 0 Å². The molecule has 0 bridgehead atoms. The third kappa shape index (κ3) is 3.03. The summed E-state index contributed by atoms with van der Waals surface area (Å²) in [6.45, 7) is 2.09. The molecule has 0 aromatic heterocycles. The highest BCUT2D eigenvalue weighted by Crippen LogP contribution is 2.25. The van der Waals surface area contributed by atoms with Crippen molar-refractivity contribution in [2.45, 2.75) is 44.6 Å². The molecular formula is C11H21BrN2O2S. The van der Waals surface area contributed by atoms with Crippen molar-refractivity contribution in [3.8, 4) is 0 Å². The van der Waals surface area contributed by atoms with Gasteiger partial charge >= 0.3 is 0 Å². The van der Waals surface area contributed by atoms with Gasteiger partial charge in [-0.2, -0.15) is 17.0 Å². The lowest BCUT2D eigenvalue weighted by atomic mass is 10.1. The van der Waals surface area contributed by atoms with E-state index in [9.17, 15) is 8.42 Å². The lowest BCUT2D eigenvalue weighted by molar-refractivity contribution is 0.314. The Morgan fingerprint density at radius 1 is 1.00 bits per heavy atom. The second-order valence-corrected chi connectivity index (χ2v) is 7.41. The summed E-state index contributed by atoms with van der Waals surface area (Å²) in [4.78, 5) is 0. The van der Waals surface area contributed by atoms with Crippen LogP contribution in [0.3, 0.4) is 0 Å². The quantitative estimate of drug-likeness (QED) is 0.745. The van der Waals surface area contributed by atoms with Gasteiger partial charge in [0.25, 0.3) is 10.2 Å². The highest BCUT2D eigenvalue weighted by atomic mass is 79.9. The summed E-state index contributed by atoms with van der Waals surface area (Å²) in [5.74, 6) is 0. The van der Waals surface area contributed by atoms with Gasteiger partial charge in [0, 0.05) is 31.0 Å². The summed E-state index contributed by atoms with van der Waals surface area (Å²) in [5, 5.41) is 0.750. The van der Waals surface area contributed by atoms with Crippen molar-refractivity contribution in [1.29, 1.82) is 0 Å². The van der Waals surface area contributed by atoms with E-state index < -0.39 is 10.2 Å². The lowest BCUT2D eigenvalue weighted by Gasteiger charge is -2.31. The lowest BCUT2D eigenvalue weighted by Crippen LogP contribution is -2.48. The number of hydrogen-bond acceptors (Lipinski definition) is 2. The standard InChI is InChI=1S/C11H21BrN2O2S/c12-10-11-6-2-1-3-9-14(11)17(15,16)13-7-4-5-8-13/h11H,1-10H2. The molecule has 0 aliphatic carbocycles. The van der Waals surface area contributed by atoms with E-state index in [0.29, 0.717) is 19.6 Å². The van der Waals surface area contributed by atoms with E-state index >= 15 is 0 Å². The minimum Gasteiger partial charge on any atom is -0.195 e. The minimum absolute atomic E-state index is 0.142. The fourth-order valence-corrected chi connectivity index (χ4v) is 5.47. The first kappa shape index (κ1) is 13.8. The summed E-state index contributed by atoms with van der Waals surface area (Å²) in [7, 11) is -3.21. The van der Waals surface area contributed by atoms with Crippen LogP contribution in [0.5, 0.6) is 0 Å². The van der Waals surface area contributed by atoms with Crippen molar-refractivity contribution in [3.05, 3.63) is 0 Å². The Labute approximate surface area is 113 Å². The Kier molecular flexibility index (Phi) is 4.86. The van der Waals surface area contributed by atoms with E-state index in [0.717, 1.165) is 43.9 Å². The van der Waals surface area contributed by atoms with Gasteiger partial charge in [0.15, 0.2) is 0 Å². The highest BCUT2D eigenvalue weighted by Gasteiger charge is 2.36. The molecule has 0 N–H and O–H groups in total. The maximum atomic E-state index is 12.5. The average molecular weight is 325 g/mol. The number of rotatable bonds is 3. The molecule has 2 fully saturated rings. The predicted molar refractivity (Wildman–Crippen MR) is 72.5 cm³/mol. The molecule has 2 heterocycles. The SMILES string of the molecule is O=S(=O)(N1CCCC1)N1CCCCCC1CBr. The zero-order valence-corrected chi connectivity index (χ0v) is 12.5. The van der Waals surface area contributed by atoms with Gasteiger partial charge in [-0.05, 0) is 25.7 Å². The first-order chi connectivity index (χ1) is 8.16. The largest absolute Gasteiger partial charge is 0.282 e. The van der Waals surface area contributed by atoms with Crippen LogP contribution in [0.2, 0.25) is 0 Å². The summed E-state index contributed by atoms with van der Waals surface area (Å²) < 4.78 is 28.5. The summed E-state index contributed by atoms with van der Waals surface area (Å²) in [6.07, 6.45) is 6.28. The smallest absolute Gasteiger partial charge is 0.195 e. The summed E-state index contributed by atoms with van der Waals surface area (Å²) in [5.41, 5.74) is 0. The number of halogens is 1. The van der Waals surface area contributed by atoms with Crippen LogP contribution in [-0.2, 0) is 10.2 Å². The van der Waals surface area contributed by atoms with E-state index in [1.54, 1.807) is 8.61 Å². The van der Waals surface area contributed by atoms with E-state index in [2.05, 4.69) is 15.9 Å². The maximum Gasteiger partial charge on any atom is 0.282 e. The van der Waals surface area contributed by atoms with Crippen molar-refractivity contribution >= 4 is 26.1 Å². The molecular weight excluding hydrogens is 304 g/mol. The van der Waals surface area contributed by atoms with Crippen LogP contribution in [0.4, 0.5) is 0 Å². The van der Waals surface area contributed by atoms with E-state index in [4.69, 9.17) is 0 Å². The Morgan fingerprint density at radius 2 is 1.65 bits per heavy atom. The number of alkyl halides is 1. The molecule has 1 atom stereocenters. The number of nitrogens with zero attached hydrogens (tertiary/aromatic N) is 2. The predicted octanol–water partition coefficient (Wildman–Crippen LogP) is 1.97.